The number of phenols is 1. The molecule has 0 saturated carbocycles. The van der Waals surface area contributed by atoms with E-state index in [1.165, 1.54) is 29.1 Å². The summed E-state index contributed by atoms with van der Waals surface area (Å²) in [6, 6.07) is 5.95. The van der Waals surface area contributed by atoms with Gasteiger partial charge in [0.2, 0.25) is 0 Å². The maximum atomic E-state index is 11.8. The van der Waals surface area contributed by atoms with Crippen molar-refractivity contribution in [1.82, 2.24) is 9.78 Å². The molecule has 0 aliphatic heterocycles. The van der Waals surface area contributed by atoms with Crippen LogP contribution in [-0.4, -0.2) is 20.8 Å². The van der Waals surface area contributed by atoms with Crippen molar-refractivity contribution in [1.29, 1.82) is 0 Å². The molecule has 0 atom stereocenters. The molecule has 0 fully saturated rings. The molecule has 88 valence electrons. The van der Waals surface area contributed by atoms with E-state index < -0.39 is 0 Å². The maximum absolute atomic E-state index is 11.8. The minimum Gasteiger partial charge on any atom is -0.508 e. The molecule has 0 unspecified atom stereocenters. The number of carbonyl (C=O) groups is 1. The third-order valence-electron chi connectivity index (χ3n) is 2.25. The Hall–Kier alpha value is -2.01. The molecule has 0 spiro atoms. The molecule has 1 heterocycles. The Labute approximate surface area is 103 Å². The van der Waals surface area contributed by atoms with Crippen LogP contribution in [0.5, 0.6) is 5.75 Å². The summed E-state index contributed by atoms with van der Waals surface area (Å²) in [7, 11) is 1.67. The number of halogens is 1. The lowest BCUT2D eigenvalue weighted by atomic mass is 10.3. The molecule has 1 aromatic heterocycles. The molecule has 0 bridgehead atoms. The highest BCUT2D eigenvalue weighted by molar-refractivity contribution is 6.34. The van der Waals surface area contributed by atoms with Gasteiger partial charge in [-0.3, -0.25) is 9.48 Å². The van der Waals surface area contributed by atoms with Gasteiger partial charge >= 0.3 is 0 Å². The van der Waals surface area contributed by atoms with Crippen molar-refractivity contribution in [2.24, 2.45) is 7.05 Å². The average Bonchev–Trinajstić information content (AvgIpc) is 2.68. The maximum Gasteiger partial charge on any atom is 0.273 e. The Bertz CT molecular complexity index is 566. The first-order valence-corrected chi connectivity index (χ1v) is 5.23. The van der Waals surface area contributed by atoms with E-state index in [2.05, 4.69) is 10.4 Å². The quantitative estimate of drug-likeness (QED) is 0.803. The zero-order valence-electron chi connectivity index (χ0n) is 9.01. The number of benzene rings is 1. The Balaban J connectivity index is 2.22. The van der Waals surface area contributed by atoms with Crippen LogP contribution in [0.1, 0.15) is 10.5 Å². The van der Waals surface area contributed by atoms with Crippen molar-refractivity contribution >= 4 is 23.2 Å². The first-order chi connectivity index (χ1) is 8.08. The lowest BCUT2D eigenvalue weighted by Crippen LogP contribution is -2.16. The predicted molar refractivity (Wildman–Crippen MR) is 64.3 cm³/mol. The van der Waals surface area contributed by atoms with E-state index in [-0.39, 0.29) is 16.7 Å². The van der Waals surface area contributed by atoms with Crippen LogP contribution in [0.3, 0.4) is 0 Å². The van der Waals surface area contributed by atoms with Crippen LogP contribution >= 0.6 is 11.6 Å². The smallest absolute Gasteiger partial charge is 0.273 e. The van der Waals surface area contributed by atoms with Crippen molar-refractivity contribution in [2.75, 3.05) is 5.32 Å². The summed E-state index contributed by atoms with van der Waals surface area (Å²) >= 11 is 5.88. The topological polar surface area (TPSA) is 67.2 Å². The summed E-state index contributed by atoms with van der Waals surface area (Å²) in [6.07, 6.45) is 1.54. The molecule has 0 aliphatic carbocycles. The van der Waals surface area contributed by atoms with Gasteiger partial charge in [-0.2, -0.15) is 5.10 Å². The molecule has 6 heteroatoms. The van der Waals surface area contributed by atoms with Gasteiger partial charge in [0.15, 0.2) is 0 Å². The van der Waals surface area contributed by atoms with Crippen LogP contribution in [-0.2, 0) is 7.05 Å². The Kier molecular flexibility index (Phi) is 3.01. The summed E-state index contributed by atoms with van der Waals surface area (Å²) < 4.78 is 1.46. The molecule has 5 nitrogen and oxygen atoms in total. The van der Waals surface area contributed by atoms with Crippen LogP contribution in [0.15, 0.2) is 30.5 Å². The van der Waals surface area contributed by atoms with Crippen LogP contribution in [0.25, 0.3) is 0 Å². The van der Waals surface area contributed by atoms with E-state index in [1.807, 2.05) is 0 Å². The second-order valence-electron chi connectivity index (χ2n) is 3.46. The van der Waals surface area contributed by atoms with Crippen LogP contribution in [0.4, 0.5) is 5.69 Å². The second kappa shape index (κ2) is 4.47. The fourth-order valence-electron chi connectivity index (χ4n) is 1.39. The lowest BCUT2D eigenvalue weighted by Gasteiger charge is -2.07. The standard InChI is InChI=1S/C11H10ClN3O2/c1-15-10(4-5-13-15)11(17)14-9-3-2-7(16)6-8(9)12/h2-6,16H,1H3,(H,14,17). The number of anilines is 1. The zero-order valence-corrected chi connectivity index (χ0v) is 9.77. The van der Waals surface area contributed by atoms with Crippen LogP contribution in [0.2, 0.25) is 5.02 Å². The third kappa shape index (κ3) is 2.39. The van der Waals surface area contributed by atoms with E-state index >= 15 is 0 Å². The minimum atomic E-state index is -0.308. The average molecular weight is 252 g/mol. The van der Waals surface area contributed by atoms with Gasteiger partial charge in [-0.05, 0) is 18.2 Å². The molecule has 17 heavy (non-hydrogen) atoms. The monoisotopic (exact) mass is 251 g/mol. The number of hydrogen-bond donors (Lipinski definition) is 2. The second-order valence-corrected chi connectivity index (χ2v) is 3.87. The van der Waals surface area contributed by atoms with Gasteiger partial charge in [-0.15, -0.1) is 0 Å². The van der Waals surface area contributed by atoms with Gasteiger partial charge in [0, 0.05) is 19.3 Å². The molecule has 0 saturated heterocycles. The lowest BCUT2D eigenvalue weighted by molar-refractivity contribution is 0.101. The fourth-order valence-corrected chi connectivity index (χ4v) is 1.61. The molecule has 1 amide bonds. The first kappa shape index (κ1) is 11.5. The van der Waals surface area contributed by atoms with E-state index in [4.69, 9.17) is 11.6 Å². The number of rotatable bonds is 2. The summed E-state index contributed by atoms with van der Waals surface area (Å²) in [5.74, 6) is -0.258. The molecule has 1 aromatic carbocycles. The zero-order chi connectivity index (χ0) is 12.4. The molecular weight excluding hydrogens is 242 g/mol. The third-order valence-corrected chi connectivity index (χ3v) is 2.57. The minimum absolute atomic E-state index is 0.0496. The number of aryl methyl sites for hydroxylation is 1. The number of phenolic OH excluding ortho intramolecular Hbond substituents is 1. The van der Waals surface area contributed by atoms with E-state index in [1.54, 1.807) is 13.1 Å². The predicted octanol–water partition coefficient (Wildman–Crippen LogP) is 2.03. The van der Waals surface area contributed by atoms with Gasteiger partial charge in [-0.1, -0.05) is 11.6 Å². The molecule has 0 aliphatic rings. The molecule has 0 radical (unpaired) electrons. The van der Waals surface area contributed by atoms with E-state index in [0.717, 1.165) is 0 Å². The van der Waals surface area contributed by atoms with Gasteiger partial charge in [0.05, 0.1) is 10.7 Å². The number of aromatic nitrogens is 2. The number of aromatic hydroxyl groups is 1. The highest BCUT2D eigenvalue weighted by Gasteiger charge is 2.11. The van der Waals surface area contributed by atoms with Gasteiger partial charge in [-0.25, -0.2) is 0 Å². The Morgan fingerprint density at radius 3 is 2.82 bits per heavy atom. The molecule has 2 N–H and O–H groups in total. The molecule has 2 rings (SSSR count). The van der Waals surface area contributed by atoms with Gasteiger partial charge in [0.1, 0.15) is 11.4 Å². The SMILES string of the molecule is Cn1nccc1C(=O)Nc1ccc(O)cc1Cl. The van der Waals surface area contributed by atoms with Gasteiger partial charge in [0.25, 0.3) is 5.91 Å². The largest absolute Gasteiger partial charge is 0.508 e. The van der Waals surface area contributed by atoms with Crippen molar-refractivity contribution < 1.29 is 9.90 Å². The van der Waals surface area contributed by atoms with Gasteiger partial charge < -0.3 is 10.4 Å². The molecular formula is C11H10ClN3O2. The number of nitrogens with zero attached hydrogens (tertiary/aromatic N) is 2. The normalized spacial score (nSPS) is 10.2. The Morgan fingerprint density at radius 2 is 2.24 bits per heavy atom. The van der Waals surface area contributed by atoms with Crippen LogP contribution in [0, 0.1) is 0 Å². The Morgan fingerprint density at radius 1 is 1.47 bits per heavy atom. The number of hydrogen-bond acceptors (Lipinski definition) is 3. The highest BCUT2D eigenvalue weighted by Crippen LogP contribution is 2.26. The first-order valence-electron chi connectivity index (χ1n) is 4.86. The van der Waals surface area contributed by atoms with Crippen molar-refractivity contribution in [3.63, 3.8) is 0 Å². The summed E-state index contributed by atoms with van der Waals surface area (Å²) in [5, 5.41) is 16.0. The van der Waals surface area contributed by atoms with E-state index in [9.17, 15) is 9.90 Å². The van der Waals surface area contributed by atoms with Crippen LogP contribution < -0.4 is 5.32 Å². The number of amides is 1. The van der Waals surface area contributed by atoms with Crippen molar-refractivity contribution in [3.05, 3.63) is 41.2 Å². The summed E-state index contributed by atoms with van der Waals surface area (Å²) in [6.45, 7) is 0. The fraction of sp³-hybridized carbons (Fsp3) is 0.0909. The molecule has 2 aromatic rings. The number of carbonyl (C=O) groups excluding carboxylic acids is 1. The summed E-state index contributed by atoms with van der Waals surface area (Å²) in [5.41, 5.74) is 0.866. The highest BCUT2D eigenvalue weighted by atomic mass is 35.5. The van der Waals surface area contributed by atoms with Crippen molar-refractivity contribution in [2.45, 2.75) is 0 Å². The summed E-state index contributed by atoms with van der Waals surface area (Å²) in [4.78, 5) is 11.8. The van der Waals surface area contributed by atoms with Crippen molar-refractivity contribution in [3.8, 4) is 5.75 Å². The van der Waals surface area contributed by atoms with E-state index in [0.29, 0.717) is 11.4 Å². The number of nitrogens with one attached hydrogen (secondary N) is 1.